The summed E-state index contributed by atoms with van der Waals surface area (Å²) >= 11 is 0. The van der Waals surface area contributed by atoms with E-state index >= 15 is 0 Å². The van der Waals surface area contributed by atoms with Crippen LogP contribution in [0.15, 0.2) is 42.3 Å². The van der Waals surface area contributed by atoms with Crippen LogP contribution in [0.25, 0.3) is 16.3 Å². The Labute approximate surface area is 159 Å². The third kappa shape index (κ3) is 1.72. The van der Waals surface area contributed by atoms with Crippen LogP contribution in [0.1, 0.15) is 63.5 Å². The Bertz CT molecular complexity index is 1240. The Morgan fingerprint density at radius 3 is 2.48 bits per heavy atom. The molecule has 0 aliphatic heterocycles. The van der Waals surface area contributed by atoms with Gasteiger partial charge >= 0.3 is 0 Å². The lowest BCUT2D eigenvalue weighted by Crippen LogP contribution is -2.21. The SMILES string of the molecule is CC1=C2C3C=CCc4cc(C)c5c(C)cc(C)c(c5c43)C2c2nccnc21. The molecule has 0 N–H and O–H groups in total. The monoisotopic (exact) mass is 350 g/mol. The molecule has 0 saturated heterocycles. The van der Waals surface area contributed by atoms with Gasteiger partial charge in [0.15, 0.2) is 0 Å². The number of hydrogen-bond donors (Lipinski definition) is 0. The average Bonchev–Trinajstić information content (AvgIpc) is 2.95. The van der Waals surface area contributed by atoms with Crippen molar-refractivity contribution in [1.82, 2.24) is 9.97 Å². The Balaban J connectivity index is 1.87. The summed E-state index contributed by atoms with van der Waals surface area (Å²) in [5.41, 5.74) is 13.7. The minimum Gasteiger partial charge on any atom is -0.256 e. The number of hydrogen-bond acceptors (Lipinski definition) is 2. The van der Waals surface area contributed by atoms with E-state index in [1.54, 1.807) is 5.56 Å². The summed E-state index contributed by atoms with van der Waals surface area (Å²) in [5, 5.41) is 2.94. The summed E-state index contributed by atoms with van der Waals surface area (Å²) in [6.07, 6.45) is 9.50. The van der Waals surface area contributed by atoms with E-state index < -0.39 is 0 Å². The third-order valence-corrected chi connectivity index (χ3v) is 6.87. The molecule has 2 nitrogen and oxygen atoms in total. The average molecular weight is 350 g/mol. The molecular weight excluding hydrogens is 328 g/mol. The molecule has 3 aromatic rings. The summed E-state index contributed by atoms with van der Waals surface area (Å²) in [4.78, 5) is 9.54. The van der Waals surface area contributed by atoms with E-state index in [1.807, 2.05) is 12.4 Å². The van der Waals surface area contributed by atoms with Crippen LogP contribution >= 0.6 is 0 Å². The van der Waals surface area contributed by atoms with Crippen molar-refractivity contribution in [3.63, 3.8) is 0 Å². The lowest BCUT2D eigenvalue weighted by atomic mass is 9.66. The van der Waals surface area contributed by atoms with E-state index in [1.165, 1.54) is 49.7 Å². The highest BCUT2D eigenvalue weighted by Gasteiger charge is 2.43. The molecule has 27 heavy (non-hydrogen) atoms. The van der Waals surface area contributed by atoms with Crippen LogP contribution in [-0.2, 0) is 6.42 Å². The molecule has 0 fully saturated rings. The maximum Gasteiger partial charge on any atom is 0.0884 e. The molecule has 0 amide bonds. The maximum atomic E-state index is 4.82. The summed E-state index contributed by atoms with van der Waals surface area (Å²) < 4.78 is 0. The van der Waals surface area contributed by atoms with Gasteiger partial charge in [-0.1, -0.05) is 24.3 Å². The van der Waals surface area contributed by atoms with Crippen molar-refractivity contribution >= 4 is 16.3 Å². The van der Waals surface area contributed by atoms with Gasteiger partial charge in [0.05, 0.1) is 17.3 Å². The van der Waals surface area contributed by atoms with Crippen molar-refractivity contribution in [3.05, 3.63) is 87.0 Å². The maximum absolute atomic E-state index is 4.82. The second-order valence-corrected chi connectivity index (χ2v) is 8.35. The first-order valence-electron chi connectivity index (χ1n) is 9.82. The van der Waals surface area contributed by atoms with Gasteiger partial charge in [-0.15, -0.1) is 0 Å². The molecule has 3 aliphatic rings. The van der Waals surface area contributed by atoms with Gasteiger partial charge in [-0.2, -0.15) is 0 Å². The summed E-state index contributed by atoms with van der Waals surface area (Å²) in [6, 6.07) is 4.80. The molecule has 132 valence electrons. The first kappa shape index (κ1) is 15.3. The van der Waals surface area contributed by atoms with E-state index in [4.69, 9.17) is 9.97 Å². The first-order valence-corrected chi connectivity index (χ1v) is 9.82. The normalized spacial score (nSPS) is 21.6. The topological polar surface area (TPSA) is 25.8 Å². The second kappa shape index (κ2) is 4.95. The van der Waals surface area contributed by atoms with E-state index in [2.05, 4.69) is 52.0 Å². The van der Waals surface area contributed by atoms with Gasteiger partial charge in [0.2, 0.25) is 0 Å². The van der Waals surface area contributed by atoms with Gasteiger partial charge < -0.3 is 0 Å². The molecule has 0 saturated carbocycles. The van der Waals surface area contributed by atoms with Crippen LogP contribution in [0.4, 0.5) is 0 Å². The van der Waals surface area contributed by atoms with Crippen LogP contribution < -0.4 is 0 Å². The fraction of sp³-hybridized carbons (Fsp3) is 0.280. The molecule has 2 unspecified atom stereocenters. The zero-order valence-corrected chi connectivity index (χ0v) is 16.2. The second-order valence-electron chi connectivity index (χ2n) is 8.35. The molecule has 3 aliphatic carbocycles. The van der Waals surface area contributed by atoms with Gasteiger partial charge in [-0.05, 0) is 89.4 Å². The van der Waals surface area contributed by atoms with Gasteiger partial charge in [0.25, 0.3) is 0 Å². The van der Waals surface area contributed by atoms with Crippen molar-refractivity contribution in [1.29, 1.82) is 0 Å². The number of aromatic nitrogens is 2. The summed E-state index contributed by atoms with van der Waals surface area (Å²) in [7, 11) is 0. The predicted octanol–water partition coefficient (Wildman–Crippen LogP) is 5.68. The van der Waals surface area contributed by atoms with Crippen molar-refractivity contribution < 1.29 is 0 Å². The van der Waals surface area contributed by atoms with Crippen LogP contribution in [0.3, 0.4) is 0 Å². The highest BCUT2D eigenvalue weighted by Crippen LogP contribution is 2.58. The first-order chi connectivity index (χ1) is 13.1. The zero-order chi connectivity index (χ0) is 18.4. The van der Waals surface area contributed by atoms with Gasteiger partial charge in [0, 0.05) is 18.3 Å². The Morgan fingerprint density at radius 2 is 1.63 bits per heavy atom. The van der Waals surface area contributed by atoms with Gasteiger partial charge in [-0.25, -0.2) is 0 Å². The van der Waals surface area contributed by atoms with E-state index in [-0.39, 0.29) is 5.92 Å². The lowest BCUT2D eigenvalue weighted by Gasteiger charge is -2.36. The lowest BCUT2D eigenvalue weighted by molar-refractivity contribution is 0.795. The largest absolute Gasteiger partial charge is 0.256 e. The quantitative estimate of drug-likeness (QED) is 0.487. The van der Waals surface area contributed by atoms with Crippen LogP contribution in [0.2, 0.25) is 0 Å². The van der Waals surface area contributed by atoms with E-state index in [9.17, 15) is 0 Å². The number of fused-ring (bicyclic) bond motifs is 5. The van der Waals surface area contributed by atoms with Crippen LogP contribution in [-0.4, -0.2) is 9.97 Å². The van der Waals surface area contributed by atoms with Crippen molar-refractivity contribution in [2.75, 3.05) is 0 Å². The molecule has 6 rings (SSSR count). The molecule has 1 aromatic heterocycles. The number of rotatable bonds is 0. The van der Waals surface area contributed by atoms with Crippen molar-refractivity contribution in [2.45, 2.75) is 46.0 Å². The van der Waals surface area contributed by atoms with Crippen molar-refractivity contribution in [2.24, 2.45) is 0 Å². The molecule has 0 radical (unpaired) electrons. The van der Waals surface area contributed by atoms with Crippen LogP contribution in [0.5, 0.6) is 0 Å². The smallest absolute Gasteiger partial charge is 0.0884 e. The highest BCUT2D eigenvalue weighted by atomic mass is 14.8. The molecular formula is C25H22N2. The fourth-order valence-corrected chi connectivity index (χ4v) is 6.00. The van der Waals surface area contributed by atoms with E-state index in [0.29, 0.717) is 5.92 Å². The summed E-state index contributed by atoms with van der Waals surface area (Å²) in [6.45, 7) is 9.05. The molecule has 2 aromatic carbocycles. The minimum atomic E-state index is 0.242. The predicted molar refractivity (Wildman–Crippen MR) is 110 cm³/mol. The Kier molecular flexibility index (Phi) is 2.81. The molecule has 0 bridgehead atoms. The summed E-state index contributed by atoms with van der Waals surface area (Å²) in [5.74, 6) is 0.596. The van der Waals surface area contributed by atoms with Crippen LogP contribution in [0, 0.1) is 20.8 Å². The van der Waals surface area contributed by atoms with Crippen molar-refractivity contribution in [3.8, 4) is 0 Å². The van der Waals surface area contributed by atoms with Gasteiger partial charge in [0.1, 0.15) is 0 Å². The molecule has 2 heteroatoms. The Hall–Kier alpha value is -2.74. The molecule has 0 spiro atoms. The third-order valence-electron chi connectivity index (χ3n) is 6.87. The number of benzene rings is 2. The van der Waals surface area contributed by atoms with E-state index in [0.717, 1.165) is 17.8 Å². The standard InChI is InChI=1S/C25H22N2/c1-12-10-13(2)19-22-18(12)14(3)11-16-6-5-7-17(21(16)22)20-15(4)24-25(23(19)20)27-9-8-26-24/h5,7-11,17,23H,6H2,1-4H3. The number of nitrogens with zero attached hydrogens (tertiary/aromatic N) is 2. The fourth-order valence-electron chi connectivity index (χ4n) is 6.00. The number of allylic oxidation sites excluding steroid dienone is 4. The number of aryl methyl sites for hydroxylation is 3. The van der Waals surface area contributed by atoms with Gasteiger partial charge in [-0.3, -0.25) is 9.97 Å². The Morgan fingerprint density at radius 1 is 0.852 bits per heavy atom. The highest BCUT2D eigenvalue weighted by molar-refractivity contribution is 6.01. The molecule has 1 heterocycles. The molecule has 2 atom stereocenters. The zero-order valence-electron chi connectivity index (χ0n) is 16.2. The minimum absolute atomic E-state index is 0.242.